The molecule has 2 aromatic carbocycles. The minimum absolute atomic E-state index is 0.0579. The number of hydrogen-bond acceptors (Lipinski definition) is 5. The monoisotopic (exact) mass is 432 g/mol. The molecule has 1 amide bonds. The Balaban J connectivity index is 1.50. The van der Waals surface area contributed by atoms with Gasteiger partial charge >= 0.3 is 0 Å². The lowest BCUT2D eigenvalue weighted by molar-refractivity contribution is -0.113. The number of thioether (sulfide) groups is 1. The van der Waals surface area contributed by atoms with Gasteiger partial charge in [-0.3, -0.25) is 4.79 Å². The molecule has 0 saturated carbocycles. The highest BCUT2D eigenvalue weighted by Crippen LogP contribution is 2.27. The number of carbonyl (C=O) groups is 1. The first-order chi connectivity index (χ1) is 15.0. The Morgan fingerprint density at radius 1 is 1.13 bits per heavy atom. The van der Waals surface area contributed by atoms with E-state index in [1.54, 1.807) is 10.7 Å². The van der Waals surface area contributed by atoms with E-state index >= 15 is 0 Å². The number of aryl methyl sites for hydroxylation is 2. The number of nitrogens with one attached hydrogen (secondary N) is 1. The molecule has 0 unspecified atom stereocenters. The SMILES string of the molecule is CCOc1ccc(-c2cc3c(SCC(=O)Nc4c(C)cccc4C)nccn3n2)cc1. The zero-order valence-corrected chi connectivity index (χ0v) is 18.6. The van der Waals surface area contributed by atoms with Crippen LogP contribution in [0.3, 0.4) is 0 Å². The Labute approximate surface area is 185 Å². The van der Waals surface area contributed by atoms with Gasteiger partial charge in [0.15, 0.2) is 0 Å². The van der Waals surface area contributed by atoms with Crippen molar-refractivity contribution in [2.45, 2.75) is 25.8 Å². The number of para-hydroxylation sites is 1. The third kappa shape index (κ3) is 4.72. The minimum Gasteiger partial charge on any atom is -0.494 e. The van der Waals surface area contributed by atoms with Crippen LogP contribution in [0.2, 0.25) is 0 Å². The summed E-state index contributed by atoms with van der Waals surface area (Å²) in [6.07, 6.45) is 3.52. The lowest BCUT2D eigenvalue weighted by Gasteiger charge is -2.11. The summed E-state index contributed by atoms with van der Waals surface area (Å²) in [4.78, 5) is 17.0. The van der Waals surface area contributed by atoms with Crippen molar-refractivity contribution in [3.05, 3.63) is 72.1 Å². The number of carbonyl (C=O) groups excluding carboxylic acids is 1. The van der Waals surface area contributed by atoms with Crippen molar-refractivity contribution in [3.63, 3.8) is 0 Å². The molecule has 4 rings (SSSR count). The third-order valence-corrected chi connectivity index (χ3v) is 5.90. The second kappa shape index (κ2) is 9.22. The van der Waals surface area contributed by atoms with E-state index in [4.69, 9.17) is 4.74 Å². The molecule has 0 saturated heterocycles. The van der Waals surface area contributed by atoms with Gasteiger partial charge in [0.05, 0.1) is 23.6 Å². The Morgan fingerprint density at radius 3 is 2.58 bits per heavy atom. The van der Waals surface area contributed by atoms with Crippen molar-refractivity contribution in [1.29, 1.82) is 0 Å². The van der Waals surface area contributed by atoms with Gasteiger partial charge in [0.2, 0.25) is 5.91 Å². The molecule has 0 atom stereocenters. The van der Waals surface area contributed by atoms with Gasteiger partial charge < -0.3 is 10.1 Å². The summed E-state index contributed by atoms with van der Waals surface area (Å²) in [6.45, 7) is 6.58. The molecule has 2 aromatic heterocycles. The molecule has 2 heterocycles. The number of fused-ring (bicyclic) bond motifs is 1. The molecule has 0 fully saturated rings. The summed E-state index contributed by atoms with van der Waals surface area (Å²) in [5.41, 5.74) is 5.69. The second-order valence-corrected chi connectivity index (χ2v) is 8.12. The van der Waals surface area contributed by atoms with Gasteiger partial charge in [-0.25, -0.2) is 9.50 Å². The van der Waals surface area contributed by atoms with E-state index in [-0.39, 0.29) is 11.7 Å². The van der Waals surface area contributed by atoms with E-state index in [1.807, 2.05) is 75.5 Å². The fourth-order valence-corrected chi connectivity index (χ4v) is 4.14. The fourth-order valence-electron chi connectivity index (χ4n) is 3.36. The summed E-state index contributed by atoms with van der Waals surface area (Å²) >= 11 is 1.40. The molecule has 31 heavy (non-hydrogen) atoms. The topological polar surface area (TPSA) is 68.5 Å². The zero-order valence-electron chi connectivity index (χ0n) is 17.8. The van der Waals surface area contributed by atoms with Gasteiger partial charge in [-0.1, -0.05) is 30.0 Å². The maximum Gasteiger partial charge on any atom is 0.234 e. The predicted molar refractivity (Wildman–Crippen MR) is 125 cm³/mol. The summed E-state index contributed by atoms with van der Waals surface area (Å²) in [6, 6.07) is 15.8. The average Bonchev–Trinajstić information content (AvgIpc) is 3.21. The number of hydrogen-bond donors (Lipinski definition) is 1. The lowest BCUT2D eigenvalue weighted by Crippen LogP contribution is -2.15. The Hall–Kier alpha value is -3.32. The van der Waals surface area contributed by atoms with Gasteiger partial charge in [-0.2, -0.15) is 5.10 Å². The summed E-state index contributed by atoms with van der Waals surface area (Å²) in [5, 5.41) is 8.45. The molecule has 0 spiro atoms. The molecule has 0 radical (unpaired) electrons. The average molecular weight is 433 g/mol. The molecular weight excluding hydrogens is 408 g/mol. The van der Waals surface area contributed by atoms with E-state index < -0.39 is 0 Å². The quantitative estimate of drug-likeness (QED) is 0.410. The summed E-state index contributed by atoms with van der Waals surface area (Å²) < 4.78 is 7.31. The van der Waals surface area contributed by atoms with Crippen molar-refractivity contribution in [2.75, 3.05) is 17.7 Å². The smallest absolute Gasteiger partial charge is 0.234 e. The molecule has 7 heteroatoms. The number of ether oxygens (including phenoxy) is 1. The van der Waals surface area contributed by atoms with E-state index in [1.165, 1.54) is 11.8 Å². The lowest BCUT2D eigenvalue weighted by atomic mass is 10.1. The highest BCUT2D eigenvalue weighted by molar-refractivity contribution is 8.00. The summed E-state index contributed by atoms with van der Waals surface area (Å²) in [5.74, 6) is 1.05. The fraction of sp³-hybridized carbons (Fsp3) is 0.208. The van der Waals surface area contributed by atoms with Crippen LogP contribution in [0.1, 0.15) is 18.1 Å². The second-order valence-electron chi connectivity index (χ2n) is 7.15. The zero-order chi connectivity index (χ0) is 21.8. The predicted octanol–water partition coefficient (Wildman–Crippen LogP) is 5.14. The first-order valence-corrected chi connectivity index (χ1v) is 11.1. The van der Waals surface area contributed by atoms with Crippen molar-refractivity contribution >= 4 is 28.9 Å². The van der Waals surface area contributed by atoms with Crippen LogP contribution in [-0.2, 0) is 4.79 Å². The van der Waals surface area contributed by atoms with Crippen LogP contribution in [0.25, 0.3) is 16.8 Å². The standard InChI is InChI=1S/C24H24N4O2S/c1-4-30-19-10-8-18(9-11-19)20-14-21-24(25-12-13-28(21)27-20)31-15-22(29)26-23-16(2)6-5-7-17(23)3/h5-14H,4,15H2,1-3H3,(H,26,29). The van der Waals surface area contributed by atoms with Crippen molar-refractivity contribution in [1.82, 2.24) is 14.6 Å². The third-order valence-electron chi connectivity index (χ3n) is 4.90. The van der Waals surface area contributed by atoms with Crippen molar-refractivity contribution in [2.24, 2.45) is 0 Å². The highest BCUT2D eigenvalue weighted by Gasteiger charge is 2.13. The molecule has 1 N–H and O–H groups in total. The van der Waals surface area contributed by atoms with E-state index in [0.717, 1.165) is 44.4 Å². The minimum atomic E-state index is -0.0579. The molecule has 0 aliphatic carbocycles. The number of rotatable bonds is 7. The molecule has 0 aliphatic rings. The van der Waals surface area contributed by atoms with Crippen LogP contribution in [0.15, 0.2) is 66.0 Å². The van der Waals surface area contributed by atoms with Gasteiger partial charge in [0, 0.05) is 23.6 Å². The molecule has 0 aliphatic heterocycles. The van der Waals surface area contributed by atoms with Crippen LogP contribution in [0.4, 0.5) is 5.69 Å². The van der Waals surface area contributed by atoms with E-state index in [0.29, 0.717) is 6.61 Å². The van der Waals surface area contributed by atoms with Crippen LogP contribution >= 0.6 is 11.8 Å². The van der Waals surface area contributed by atoms with Gasteiger partial charge in [0.25, 0.3) is 0 Å². The van der Waals surface area contributed by atoms with Crippen molar-refractivity contribution < 1.29 is 9.53 Å². The maximum absolute atomic E-state index is 12.5. The van der Waals surface area contributed by atoms with Gasteiger partial charge in [-0.15, -0.1) is 0 Å². The molecular formula is C24H24N4O2S. The largest absolute Gasteiger partial charge is 0.494 e. The normalized spacial score (nSPS) is 10.9. The van der Waals surface area contributed by atoms with Crippen LogP contribution in [0, 0.1) is 13.8 Å². The first kappa shape index (κ1) is 20.9. The number of benzene rings is 2. The van der Waals surface area contributed by atoms with Crippen LogP contribution < -0.4 is 10.1 Å². The number of amides is 1. The molecule has 6 nitrogen and oxygen atoms in total. The Bertz CT molecular complexity index is 1200. The Morgan fingerprint density at radius 2 is 1.87 bits per heavy atom. The Kier molecular flexibility index (Phi) is 6.23. The molecule has 0 bridgehead atoms. The maximum atomic E-state index is 12.5. The van der Waals surface area contributed by atoms with Gasteiger partial charge in [-0.05, 0) is 62.2 Å². The van der Waals surface area contributed by atoms with E-state index in [9.17, 15) is 4.79 Å². The summed E-state index contributed by atoms with van der Waals surface area (Å²) in [7, 11) is 0. The van der Waals surface area contributed by atoms with E-state index in [2.05, 4.69) is 15.4 Å². The van der Waals surface area contributed by atoms with Crippen molar-refractivity contribution in [3.8, 4) is 17.0 Å². The number of aromatic nitrogens is 3. The molecule has 4 aromatic rings. The van der Waals surface area contributed by atoms with Crippen LogP contribution in [0.5, 0.6) is 5.75 Å². The number of anilines is 1. The van der Waals surface area contributed by atoms with Gasteiger partial charge in [0.1, 0.15) is 10.8 Å². The first-order valence-electron chi connectivity index (χ1n) is 10.1. The van der Waals surface area contributed by atoms with Crippen LogP contribution in [-0.4, -0.2) is 32.9 Å². The number of nitrogens with zero attached hydrogens (tertiary/aromatic N) is 3. The highest BCUT2D eigenvalue weighted by atomic mass is 32.2. The molecule has 158 valence electrons.